The SMILES string of the molecule is O=CC(C(=O)Oc1ccccc1)C(=O)c1ccccc1. The summed E-state index contributed by atoms with van der Waals surface area (Å²) >= 11 is 0. The molecule has 1 atom stereocenters. The summed E-state index contributed by atoms with van der Waals surface area (Å²) in [7, 11) is 0. The van der Waals surface area contributed by atoms with Gasteiger partial charge in [-0.3, -0.25) is 9.59 Å². The first-order chi connectivity index (χ1) is 9.72. The van der Waals surface area contributed by atoms with Crippen molar-refractivity contribution in [3.8, 4) is 5.75 Å². The van der Waals surface area contributed by atoms with Crippen molar-refractivity contribution < 1.29 is 19.1 Å². The lowest BCUT2D eigenvalue weighted by Crippen LogP contribution is -2.29. The van der Waals surface area contributed by atoms with Crippen LogP contribution in [-0.4, -0.2) is 18.0 Å². The van der Waals surface area contributed by atoms with Crippen LogP contribution in [0.5, 0.6) is 5.75 Å². The molecule has 1 unspecified atom stereocenters. The topological polar surface area (TPSA) is 60.4 Å². The summed E-state index contributed by atoms with van der Waals surface area (Å²) in [6.07, 6.45) is 0.306. The Labute approximate surface area is 116 Å². The molecule has 4 heteroatoms. The van der Waals surface area contributed by atoms with E-state index in [1.165, 1.54) is 0 Å². The highest BCUT2D eigenvalue weighted by Crippen LogP contribution is 2.13. The molecule has 2 rings (SSSR count). The summed E-state index contributed by atoms with van der Waals surface area (Å²) in [4.78, 5) is 35.0. The molecular weight excluding hydrogens is 256 g/mol. The average Bonchev–Trinajstić information content (AvgIpc) is 2.49. The minimum Gasteiger partial charge on any atom is -0.426 e. The lowest BCUT2D eigenvalue weighted by Gasteiger charge is -2.09. The molecule has 0 saturated heterocycles. The molecule has 0 aromatic heterocycles. The van der Waals surface area contributed by atoms with E-state index in [1.54, 1.807) is 60.7 Å². The van der Waals surface area contributed by atoms with E-state index in [4.69, 9.17) is 4.74 Å². The van der Waals surface area contributed by atoms with E-state index in [2.05, 4.69) is 0 Å². The van der Waals surface area contributed by atoms with E-state index in [1.807, 2.05) is 0 Å². The Morgan fingerprint density at radius 3 is 2.00 bits per heavy atom. The number of para-hydroxylation sites is 1. The first-order valence-electron chi connectivity index (χ1n) is 6.03. The van der Waals surface area contributed by atoms with Crippen molar-refractivity contribution in [2.45, 2.75) is 0 Å². The molecule has 0 N–H and O–H groups in total. The second-order valence-corrected chi connectivity index (χ2v) is 4.08. The molecule has 0 bridgehead atoms. The van der Waals surface area contributed by atoms with Gasteiger partial charge in [0.15, 0.2) is 11.7 Å². The number of ether oxygens (including phenoxy) is 1. The third kappa shape index (κ3) is 3.17. The third-order valence-electron chi connectivity index (χ3n) is 2.69. The molecule has 2 aromatic rings. The minimum atomic E-state index is -1.45. The van der Waals surface area contributed by atoms with Crippen LogP contribution in [0.2, 0.25) is 0 Å². The van der Waals surface area contributed by atoms with Crippen molar-refractivity contribution in [2.24, 2.45) is 5.92 Å². The van der Waals surface area contributed by atoms with Crippen molar-refractivity contribution in [2.75, 3.05) is 0 Å². The minimum absolute atomic E-state index is 0.296. The zero-order valence-electron chi connectivity index (χ0n) is 10.6. The molecule has 0 heterocycles. The zero-order valence-corrected chi connectivity index (χ0v) is 10.6. The number of hydrogen-bond donors (Lipinski definition) is 0. The quantitative estimate of drug-likeness (QED) is 0.274. The number of carbonyl (C=O) groups excluding carboxylic acids is 3. The van der Waals surface area contributed by atoms with Crippen molar-refractivity contribution in [1.29, 1.82) is 0 Å². The lowest BCUT2D eigenvalue weighted by molar-refractivity contribution is -0.139. The van der Waals surface area contributed by atoms with Gasteiger partial charge in [-0.1, -0.05) is 48.5 Å². The van der Waals surface area contributed by atoms with Crippen LogP contribution < -0.4 is 4.74 Å². The van der Waals surface area contributed by atoms with Crippen LogP contribution >= 0.6 is 0 Å². The summed E-state index contributed by atoms with van der Waals surface area (Å²) in [5.74, 6) is -2.59. The first-order valence-corrected chi connectivity index (χ1v) is 6.03. The molecule has 20 heavy (non-hydrogen) atoms. The van der Waals surface area contributed by atoms with Crippen molar-refractivity contribution >= 4 is 18.0 Å². The third-order valence-corrected chi connectivity index (χ3v) is 2.69. The van der Waals surface area contributed by atoms with Gasteiger partial charge in [0.1, 0.15) is 12.0 Å². The van der Waals surface area contributed by atoms with Crippen LogP contribution in [0.1, 0.15) is 10.4 Å². The molecule has 4 nitrogen and oxygen atoms in total. The number of hydrogen-bond acceptors (Lipinski definition) is 4. The van der Waals surface area contributed by atoms with Gasteiger partial charge in [-0.05, 0) is 12.1 Å². The first kappa shape index (κ1) is 13.7. The molecule has 0 fully saturated rings. The van der Waals surface area contributed by atoms with Crippen molar-refractivity contribution in [3.63, 3.8) is 0 Å². The van der Waals surface area contributed by atoms with Crippen molar-refractivity contribution in [3.05, 3.63) is 66.2 Å². The molecule has 0 aliphatic heterocycles. The number of rotatable bonds is 5. The second kappa shape index (κ2) is 6.43. The Morgan fingerprint density at radius 2 is 1.45 bits per heavy atom. The average molecular weight is 268 g/mol. The van der Waals surface area contributed by atoms with Gasteiger partial charge in [-0.2, -0.15) is 0 Å². The summed E-state index contributed by atoms with van der Waals surface area (Å²) in [6, 6.07) is 16.5. The van der Waals surface area contributed by atoms with E-state index in [9.17, 15) is 14.4 Å². The fraction of sp³-hybridized carbons (Fsp3) is 0.0625. The molecule has 2 aromatic carbocycles. The maximum Gasteiger partial charge on any atom is 0.329 e. The Balaban J connectivity index is 2.14. The van der Waals surface area contributed by atoms with Gasteiger partial charge in [0.2, 0.25) is 0 Å². The van der Waals surface area contributed by atoms with Gasteiger partial charge in [0.05, 0.1) is 0 Å². The zero-order chi connectivity index (χ0) is 14.4. The van der Waals surface area contributed by atoms with E-state index in [0.29, 0.717) is 17.6 Å². The molecule has 0 saturated carbocycles. The number of esters is 1. The van der Waals surface area contributed by atoms with E-state index < -0.39 is 17.7 Å². The summed E-state index contributed by atoms with van der Waals surface area (Å²) in [5.41, 5.74) is 0.301. The predicted octanol–water partition coefficient (Wildman–Crippen LogP) is 2.29. The van der Waals surface area contributed by atoms with Crippen LogP contribution in [0.15, 0.2) is 60.7 Å². The Bertz CT molecular complexity index is 605. The molecular formula is C16H12O4. The van der Waals surface area contributed by atoms with E-state index in [0.717, 1.165) is 0 Å². The van der Waals surface area contributed by atoms with Crippen LogP contribution in [0.25, 0.3) is 0 Å². The van der Waals surface area contributed by atoms with Gasteiger partial charge in [0, 0.05) is 5.56 Å². The maximum absolute atomic E-state index is 12.1. The second-order valence-electron chi connectivity index (χ2n) is 4.08. The largest absolute Gasteiger partial charge is 0.426 e. The Morgan fingerprint density at radius 1 is 0.900 bits per heavy atom. The lowest BCUT2D eigenvalue weighted by atomic mass is 9.99. The summed E-state index contributed by atoms with van der Waals surface area (Å²) < 4.78 is 5.02. The van der Waals surface area contributed by atoms with Crippen LogP contribution in [0.3, 0.4) is 0 Å². The number of aldehydes is 1. The maximum atomic E-state index is 12.1. The van der Waals surface area contributed by atoms with Gasteiger partial charge in [-0.15, -0.1) is 0 Å². The van der Waals surface area contributed by atoms with Gasteiger partial charge < -0.3 is 9.53 Å². The van der Waals surface area contributed by atoms with E-state index >= 15 is 0 Å². The molecule has 100 valence electrons. The smallest absolute Gasteiger partial charge is 0.329 e. The number of benzene rings is 2. The molecule has 0 aliphatic rings. The van der Waals surface area contributed by atoms with Crippen LogP contribution in [0.4, 0.5) is 0 Å². The molecule has 0 spiro atoms. The normalized spacial score (nSPS) is 11.4. The molecule has 0 radical (unpaired) electrons. The van der Waals surface area contributed by atoms with Gasteiger partial charge in [0.25, 0.3) is 0 Å². The van der Waals surface area contributed by atoms with Crippen LogP contribution in [-0.2, 0) is 9.59 Å². The molecule has 0 aliphatic carbocycles. The van der Waals surface area contributed by atoms with Gasteiger partial charge in [-0.25, -0.2) is 0 Å². The highest BCUT2D eigenvalue weighted by molar-refractivity contribution is 6.17. The molecule has 0 amide bonds. The predicted molar refractivity (Wildman–Crippen MR) is 72.4 cm³/mol. The number of carbonyl (C=O) groups is 3. The van der Waals surface area contributed by atoms with Crippen LogP contribution in [0, 0.1) is 5.92 Å². The highest BCUT2D eigenvalue weighted by atomic mass is 16.5. The number of Topliss-reactive ketones (excluding diaryl/α,β-unsaturated/α-hetero) is 1. The summed E-state index contributed by atoms with van der Waals surface area (Å²) in [6.45, 7) is 0. The standard InChI is InChI=1S/C16H12O4/c17-11-14(15(18)12-7-3-1-4-8-12)16(19)20-13-9-5-2-6-10-13/h1-11,14H. The van der Waals surface area contributed by atoms with Gasteiger partial charge >= 0.3 is 5.97 Å². The van der Waals surface area contributed by atoms with Crippen molar-refractivity contribution in [1.82, 2.24) is 0 Å². The summed E-state index contributed by atoms with van der Waals surface area (Å²) in [5, 5.41) is 0. The number of ketones is 1. The fourth-order valence-electron chi connectivity index (χ4n) is 1.67. The van der Waals surface area contributed by atoms with E-state index in [-0.39, 0.29) is 0 Å². The highest BCUT2D eigenvalue weighted by Gasteiger charge is 2.29. The monoisotopic (exact) mass is 268 g/mol. The fourth-order valence-corrected chi connectivity index (χ4v) is 1.67. The Hall–Kier alpha value is -2.75. The Kier molecular flexibility index (Phi) is 4.39.